The van der Waals surface area contributed by atoms with Gasteiger partial charge in [-0.05, 0) is 30.2 Å². The van der Waals surface area contributed by atoms with Gasteiger partial charge in [0.25, 0.3) is 0 Å². The molecular formula is C22H23N. The Morgan fingerprint density at radius 2 is 1.35 bits per heavy atom. The van der Waals surface area contributed by atoms with Crippen LogP contribution in [0.5, 0.6) is 0 Å². The summed E-state index contributed by atoms with van der Waals surface area (Å²) in [7, 11) is 0. The number of aryl methyl sites for hydroxylation is 1. The number of nitrogens with zero attached hydrogens (tertiary/aromatic N) is 1. The monoisotopic (exact) mass is 301 g/mol. The lowest BCUT2D eigenvalue weighted by atomic mass is 9.89. The quantitative estimate of drug-likeness (QED) is 0.564. The Morgan fingerprint density at radius 3 is 1.96 bits per heavy atom. The van der Waals surface area contributed by atoms with Crippen molar-refractivity contribution < 1.29 is 0 Å². The SMILES string of the molecule is Cc1ccc(-c2cc(-c3ccccc3)cc(C(C)(C)C)n2)cc1. The van der Waals surface area contributed by atoms with E-state index in [1.165, 1.54) is 22.3 Å². The van der Waals surface area contributed by atoms with Crippen LogP contribution in [0.2, 0.25) is 0 Å². The Labute approximate surface area is 139 Å². The third-order valence-electron chi connectivity index (χ3n) is 4.05. The first-order valence-corrected chi connectivity index (χ1v) is 8.08. The number of pyridine rings is 1. The van der Waals surface area contributed by atoms with E-state index in [2.05, 4.69) is 94.4 Å². The van der Waals surface area contributed by atoms with E-state index in [4.69, 9.17) is 4.98 Å². The second kappa shape index (κ2) is 6.00. The van der Waals surface area contributed by atoms with Crippen molar-refractivity contribution in [1.82, 2.24) is 4.98 Å². The molecule has 116 valence electrons. The number of rotatable bonds is 2. The summed E-state index contributed by atoms with van der Waals surface area (Å²) in [6, 6.07) is 23.5. The molecule has 3 rings (SSSR count). The van der Waals surface area contributed by atoms with Crippen LogP contribution in [0.3, 0.4) is 0 Å². The highest BCUT2D eigenvalue weighted by Gasteiger charge is 2.18. The molecule has 0 N–H and O–H groups in total. The summed E-state index contributed by atoms with van der Waals surface area (Å²) in [6.45, 7) is 8.74. The fourth-order valence-corrected chi connectivity index (χ4v) is 2.58. The lowest BCUT2D eigenvalue weighted by molar-refractivity contribution is 0.570. The molecule has 23 heavy (non-hydrogen) atoms. The molecule has 0 saturated heterocycles. The van der Waals surface area contributed by atoms with Gasteiger partial charge in [-0.25, -0.2) is 0 Å². The average molecular weight is 301 g/mol. The summed E-state index contributed by atoms with van der Waals surface area (Å²) in [5, 5.41) is 0. The van der Waals surface area contributed by atoms with Crippen molar-refractivity contribution in [3.8, 4) is 22.4 Å². The Kier molecular flexibility index (Phi) is 4.04. The molecule has 0 aliphatic rings. The van der Waals surface area contributed by atoms with E-state index in [0.29, 0.717) is 0 Å². The zero-order chi connectivity index (χ0) is 16.4. The second-order valence-corrected chi connectivity index (χ2v) is 7.11. The number of hydrogen-bond donors (Lipinski definition) is 0. The minimum atomic E-state index is 0.0181. The highest BCUT2D eigenvalue weighted by atomic mass is 14.7. The molecule has 0 amide bonds. The van der Waals surface area contributed by atoms with Gasteiger partial charge in [-0.3, -0.25) is 4.98 Å². The molecule has 2 aromatic carbocycles. The predicted molar refractivity (Wildman–Crippen MR) is 98.5 cm³/mol. The molecule has 0 saturated carbocycles. The zero-order valence-electron chi connectivity index (χ0n) is 14.3. The number of benzene rings is 2. The summed E-state index contributed by atoms with van der Waals surface area (Å²) in [4.78, 5) is 4.93. The van der Waals surface area contributed by atoms with Crippen LogP contribution in [-0.2, 0) is 5.41 Å². The maximum Gasteiger partial charge on any atom is 0.0711 e. The molecule has 1 nitrogen and oxygen atoms in total. The van der Waals surface area contributed by atoms with Gasteiger partial charge in [0.05, 0.1) is 5.69 Å². The molecule has 0 radical (unpaired) electrons. The third-order valence-corrected chi connectivity index (χ3v) is 4.05. The van der Waals surface area contributed by atoms with E-state index in [0.717, 1.165) is 11.4 Å². The highest BCUT2D eigenvalue weighted by Crippen LogP contribution is 2.30. The molecule has 1 heteroatoms. The molecule has 0 aliphatic carbocycles. The third kappa shape index (κ3) is 3.50. The van der Waals surface area contributed by atoms with Crippen LogP contribution in [-0.4, -0.2) is 4.98 Å². The topological polar surface area (TPSA) is 12.9 Å². The second-order valence-electron chi connectivity index (χ2n) is 7.11. The zero-order valence-corrected chi connectivity index (χ0v) is 14.3. The van der Waals surface area contributed by atoms with E-state index in [-0.39, 0.29) is 5.41 Å². The number of aromatic nitrogens is 1. The molecular weight excluding hydrogens is 278 g/mol. The van der Waals surface area contributed by atoms with E-state index in [9.17, 15) is 0 Å². The summed E-state index contributed by atoms with van der Waals surface area (Å²) in [5.74, 6) is 0. The van der Waals surface area contributed by atoms with Gasteiger partial charge in [-0.1, -0.05) is 80.9 Å². The number of hydrogen-bond acceptors (Lipinski definition) is 1. The molecule has 3 aromatic rings. The average Bonchev–Trinajstić information content (AvgIpc) is 2.55. The van der Waals surface area contributed by atoms with E-state index < -0.39 is 0 Å². The maximum absolute atomic E-state index is 4.93. The molecule has 0 unspecified atom stereocenters. The Hall–Kier alpha value is -2.41. The first kappa shape index (κ1) is 15.5. The van der Waals surface area contributed by atoms with Gasteiger partial charge in [0.2, 0.25) is 0 Å². The van der Waals surface area contributed by atoms with Crippen molar-refractivity contribution >= 4 is 0 Å². The van der Waals surface area contributed by atoms with Gasteiger partial charge in [0, 0.05) is 16.7 Å². The van der Waals surface area contributed by atoms with Crippen LogP contribution < -0.4 is 0 Å². The normalized spacial score (nSPS) is 11.5. The van der Waals surface area contributed by atoms with Crippen molar-refractivity contribution in [1.29, 1.82) is 0 Å². The summed E-state index contributed by atoms with van der Waals surface area (Å²) in [5.41, 5.74) is 7.06. The minimum Gasteiger partial charge on any atom is -0.252 e. The summed E-state index contributed by atoms with van der Waals surface area (Å²) >= 11 is 0. The van der Waals surface area contributed by atoms with Crippen LogP contribution in [0, 0.1) is 6.92 Å². The van der Waals surface area contributed by atoms with Gasteiger partial charge in [0.1, 0.15) is 0 Å². The van der Waals surface area contributed by atoms with E-state index in [1.807, 2.05) is 0 Å². The van der Waals surface area contributed by atoms with Gasteiger partial charge >= 0.3 is 0 Å². The molecule has 1 heterocycles. The largest absolute Gasteiger partial charge is 0.252 e. The van der Waals surface area contributed by atoms with Gasteiger partial charge < -0.3 is 0 Å². The van der Waals surface area contributed by atoms with Crippen LogP contribution in [0.25, 0.3) is 22.4 Å². The molecule has 0 fully saturated rings. The Morgan fingerprint density at radius 1 is 0.696 bits per heavy atom. The Bertz CT molecular complexity index is 794. The van der Waals surface area contributed by atoms with Crippen LogP contribution in [0.4, 0.5) is 0 Å². The van der Waals surface area contributed by atoms with E-state index in [1.54, 1.807) is 0 Å². The van der Waals surface area contributed by atoms with Crippen LogP contribution in [0.1, 0.15) is 32.0 Å². The molecule has 0 atom stereocenters. The van der Waals surface area contributed by atoms with Gasteiger partial charge in [0.15, 0.2) is 0 Å². The van der Waals surface area contributed by atoms with Crippen molar-refractivity contribution in [2.45, 2.75) is 33.1 Å². The molecule has 0 spiro atoms. The van der Waals surface area contributed by atoms with Crippen molar-refractivity contribution in [3.63, 3.8) is 0 Å². The van der Waals surface area contributed by atoms with Crippen LogP contribution in [0.15, 0.2) is 66.7 Å². The fourth-order valence-electron chi connectivity index (χ4n) is 2.58. The van der Waals surface area contributed by atoms with Gasteiger partial charge in [-0.15, -0.1) is 0 Å². The maximum atomic E-state index is 4.93. The first-order valence-electron chi connectivity index (χ1n) is 8.08. The molecule has 1 aromatic heterocycles. The van der Waals surface area contributed by atoms with Crippen molar-refractivity contribution in [3.05, 3.63) is 78.0 Å². The lowest BCUT2D eigenvalue weighted by Gasteiger charge is -2.20. The highest BCUT2D eigenvalue weighted by molar-refractivity contribution is 5.71. The van der Waals surface area contributed by atoms with Crippen molar-refractivity contribution in [2.75, 3.05) is 0 Å². The lowest BCUT2D eigenvalue weighted by Crippen LogP contribution is -2.14. The summed E-state index contributed by atoms with van der Waals surface area (Å²) in [6.07, 6.45) is 0. The van der Waals surface area contributed by atoms with E-state index >= 15 is 0 Å². The predicted octanol–water partition coefficient (Wildman–Crippen LogP) is 6.02. The Balaban J connectivity index is 2.18. The standard InChI is InChI=1S/C22H23N/c1-16-10-12-18(13-11-16)20-14-19(17-8-6-5-7-9-17)15-21(23-20)22(2,3)4/h5-15H,1-4H3. The first-order chi connectivity index (χ1) is 10.9. The van der Waals surface area contributed by atoms with Crippen LogP contribution >= 0.6 is 0 Å². The molecule has 0 bridgehead atoms. The summed E-state index contributed by atoms with van der Waals surface area (Å²) < 4.78 is 0. The van der Waals surface area contributed by atoms with Gasteiger partial charge in [-0.2, -0.15) is 0 Å². The van der Waals surface area contributed by atoms with Crippen molar-refractivity contribution in [2.24, 2.45) is 0 Å². The molecule has 0 aliphatic heterocycles. The minimum absolute atomic E-state index is 0.0181. The smallest absolute Gasteiger partial charge is 0.0711 e. The fraction of sp³-hybridized carbons (Fsp3) is 0.227.